The van der Waals surface area contributed by atoms with Gasteiger partial charge in [0.05, 0.1) is 6.54 Å². The molecule has 0 radical (unpaired) electrons. The van der Waals surface area contributed by atoms with E-state index in [2.05, 4.69) is 9.98 Å². The third kappa shape index (κ3) is 5.21. The molecular weight excluding hydrogens is 226 g/mol. The zero-order valence-electron chi connectivity index (χ0n) is 9.05. The van der Waals surface area contributed by atoms with E-state index in [0.717, 1.165) is 5.56 Å². The second-order valence-electron chi connectivity index (χ2n) is 3.20. The first kappa shape index (κ1) is 14.2. The molecule has 1 rings (SSSR count). The number of benzene rings is 1. The van der Waals surface area contributed by atoms with Gasteiger partial charge in [-0.3, -0.25) is 0 Å². The number of nitrogens with two attached hydrogens (primary N) is 3. The molecule has 88 valence electrons. The van der Waals surface area contributed by atoms with E-state index in [1.165, 1.54) is 5.56 Å². The Hall–Kier alpha value is -1.75. The molecule has 5 nitrogen and oxygen atoms in total. The lowest BCUT2D eigenvalue weighted by Gasteiger charge is -1.98. The average molecular weight is 242 g/mol. The van der Waals surface area contributed by atoms with E-state index < -0.39 is 0 Å². The van der Waals surface area contributed by atoms with Crippen LogP contribution in [-0.2, 0) is 6.54 Å². The van der Waals surface area contributed by atoms with Gasteiger partial charge in [-0.05, 0) is 12.5 Å². The summed E-state index contributed by atoms with van der Waals surface area (Å²) in [5.41, 5.74) is 18.0. The van der Waals surface area contributed by atoms with E-state index >= 15 is 0 Å². The van der Waals surface area contributed by atoms with E-state index in [9.17, 15) is 0 Å². The summed E-state index contributed by atoms with van der Waals surface area (Å²) in [7, 11) is 0. The van der Waals surface area contributed by atoms with Crippen LogP contribution in [0.2, 0.25) is 0 Å². The van der Waals surface area contributed by atoms with Crippen LogP contribution < -0.4 is 17.2 Å². The van der Waals surface area contributed by atoms with Gasteiger partial charge in [0.25, 0.3) is 0 Å². The summed E-state index contributed by atoms with van der Waals surface area (Å²) < 4.78 is 0. The molecular formula is C10H16ClN5. The lowest BCUT2D eigenvalue weighted by molar-refractivity contribution is 1.05. The second-order valence-corrected chi connectivity index (χ2v) is 3.20. The predicted octanol–water partition coefficient (Wildman–Crippen LogP) is 0.505. The van der Waals surface area contributed by atoms with E-state index in [1.807, 2.05) is 31.2 Å². The summed E-state index contributed by atoms with van der Waals surface area (Å²) in [6.07, 6.45) is 0. The van der Waals surface area contributed by atoms with Gasteiger partial charge in [0.2, 0.25) is 5.96 Å². The molecule has 0 aliphatic rings. The standard InChI is InChI=1S/C10H15N5.ClH/c1-7-3-2-4-8(5-7)6-14-10(13)15-9(11)12;/h2-5H,6H2,1H3,(H6,11,12,13,14,15);1H. The van der Waals surface area contributed by atoms with Crippen LogP contribution in [0.4, 0.5) is 0 Å². The molecule has 0 saturated heterocycles. The molecule has 6 heteroatoms. The maximum absolute atomic E-state index is 5.46. The number of aliphatic imine (C=N–C) groups is 2. The molecule has 0 fully saturated rings. The van der Waals surface area contributed by atoms with Gasteiger partial charge in [0, 0.05) is 0 Å². The first-order valence-electron chi connectivity index (χ1n) is 4.53. The quantitative estimate of drug-likeness (QED) is 0.519. The molecule has 0 aromatic heterocycles. The largest absolute Gasteiger partial charge is 0.370 e. The minimum Gasteiger partial charge on any atom is -0.370 e. The van der Waals surface area contributed by atoms with E-state index in [-0.39, 0.29) is 24.3 Å². The van der Waals surface area contributed by atoms with E-state index in [0.29, 0.717) is 6.54 Å². The van der Waals surface area contributed by atoms with Gasteiger partial charge in [-0.15, -0.1) is 12.4 Å². The van der Waals surface area contributed by atoms with Crippen molar-refractivity contribution in [2.75, 3.05) is 0 Å². The Labute approximate surface area is 101 Å². The highest BCUT2D eigenvalue weighted by Gasteiger charge is 1.93. The minimum absolute atomic E-state index is 0. The average Bonchev–Trinajstić information content (AvgIpc) is 2.14. The zero-order chi connectivity index (χ0) is 11.3. The highest BCUT2D eigenvalue weighted by atomic mass is 35.5. The van der Waals surface area contributed by atoms with Crippen molar-refractivity contribution in [2.45, 2.75) is 13.5 Å². The number of aryl methyl sites for hydroxylation is 1. The van der Waals surface area contributed by atoms with Crippen LogP contribution in [0.5, 0.6) is 0 Å². The Balaban J connectivity index is 0.00000225. The van der Waals surface area contributed by atoms with Gasteiger partial charge in [-0.1, -0.05) is 29.8 Å². The number of halogens is 1. The summed E-state index contributed by atoms with van der Waals surface area (Å²) in [4.78, 5) is 7.64. The lowest BCUT2D eigenvalue weighted by Crippen LogP contribution is -2.26. The summed E-state index contributed by atoms with van der Waals surface area (Å²) >= 11 is 0. The predicted molar refractivity (Wildman–Crippen MR) is 69.6 cm³/mol. The molecule has 0 bridgehead atoms. The Morgan fingerprint density at radius 1 is 1.25 bits per heavy atom. The smallest absolute Gasteiger partial charge is 0.218 e. The third-order valence-electron chi connectivity index (χ3n) is 1.75. The monoisotopic (exact) mass is 241 g/mol. The van der Waals surface area contributed by atoms with Crippen LogP contribution >= 0.6 is 12.4 Å². The molecule has 0 unspecified atom stereocenters. The van der Waals surface area contributed by atoms with Gasteiger partial charge in [0.1, 0.15) is 0 Å². The molecule has 0 amide bonds. The second kappa shape index (κ2) is 6.68. The summed E-state index contributed by atoms with van der Waals surface area (Å²) in [5.74, 6) is 0.0111. The van der Waals surface area contributed by atoms with Crippen LogP contribution in [0.1, 0.15) is 11.1 Å². The normalized spacial score (nSPS) is 10.4. The highest BCUT2D eigenvalue weighted by molar-refractivity contribution is 5.92. The minimum atomic E-state index is -0.0829. The SMILES string of the molecule is Cc1cccc(CN=C(N)N=C(N)N)c1.Cl. The van der Waals surface area contributed by atoms with Crippen molar-refractivity contribution >= 4 is 24.3 Å². The fourth-order valence-corrected chi connectivity index (χ4v) is 1.15. The first-order valence-corrected chi connectivity index (χ1v) is 4.53. The van der Waals surface area contributed by atoms with Gasteiger partial charge in [-0.2, -0.15) is 4.99 Å². The van der Waals surface area contributed by atoms with Gasteiger partial charge >= 0.3 is 0 Å². The number of rotatable bonds is 2. The van der Waals surface area contributed by atoms with Crippen molar-refractivity contribution in [1.29, 1.82) is 0 Å². The van der Waals surface area contributed by atoms with Gasteiger partial charge in [0.15, 0.2) is 5.96 Å². The van der Waals surface area contributed by atoms with Crippen LogP contribution in [0.3, 0.4) is 0 Å². The summed E-state index contributed by atoms with van der Waals surface area (Å²) in [6.45, 7) is 2.50. The van der Waals surface area contributed by atoms with Crippen molar-refractivity contribution in [3.8, 4) is 0 Å². The molecule has 6 N–H and O–H groups in total. The molecule has 0 atom stereocenters. The number of hydrogen-bond donors (Lipinski definition) is 3. The summed E-state index contributed by atoms with van der Waals surface area (Å²) in [6, 6.07) is 8.00. The van der Waals surface area contributed by atoms with Crippen molar-refractivity contribution in [3.63, 3.8) is 0 Å². The highest BCUT2D eigenvalue weighted by Crippen LogP contribution is 2.04. The lowest BCUT2D eigenvalue weighted by atomic mass is 10.1. The fraction of sp³-hybridized carbons (Fsp3) is 0.200. The maximum Gasteiger partial charge on any atom is 0.218 e. The zero-order valence-corrected chi connectivity index (χ0v) is 9.87. The first-order chi connectivity index (χ1) is 7.08. The van der Waals surface area contributed by atoms with Gasteiger partial charge in [-0.25, -0.2) is 4.99 Å². The topological polar surface area (TPSA) is 103 Å². The van der Waals surface area contributed by atoms with Crippen molar-refractivity contribution in [1.82, 2.24) is 0 Å². The number of guanidine groups is 2. The Bertz CT molecular complexity index is 396. The van der Waals surface area contributed by atoms with E-state index in [1.54, 1.807) is 0 Å². The molecule has 1 aromatic rings. The van der Waals surface area contributed by atoms with Crippen LogP contribution in [0.25, 0.3) is 0 Å². The molecule has 0 aliphatic carbocycles. The third-order valence-corrected chi connectivity index (χ3v) is 1.75. The fourth-order valence-electron chi connectivity index (χ4n) is 1.15. The number of nitrogens with zero attached hydrogens (tertiary/aromatic N) is 2. The Morgan fingerprint density at radius 2 is 1.94 bits per heavy atom. The molecule has 1 aromatic carbocycles. The molecule has 0 heterocycles. The summed E-state index contributed by atoms with van der Waals surface area (Å²) in [5, 5.41) is 0. The van der Waals surface area contributed by atoms with Gasteiger partial charge < -0.3 is 17.2 Å². The van der Waals surface area contributed by atoms with Crippen LogP contribution in [-0.4, -0.2) is 11.9 Å². The number of hydrogen-bond acceptors (Lipinski definition) is 1. The molecule has 16 heavy (non-hydrogen) atoms. The molecule has 0 spiro atoms. The maximum atomic E-state index is 5.46. The van der Waals surface area contributed by atoms with Crippen molar-refractivity contribution < 1.29 is 0 Å². The van der Waals surface area contributed by atoms with Crippen LogP contribution in [0.15, 0.2) is 34.3 Å². The van der Waals surface area contributed by atoms with Crippen molar-refractivity contribution in [2.24, 2.45) is 27.2 Å². The Morgan fingerprint density at radius 3 is 2.50 bits per heavy atom. The molecule has 0 aliphatic heterocycles. The van der Waals surface area contributed by atoms with Crippen LogP contribution in [0, 0.1) is 6.92 Å². The Kier molecular flexibility index (Phi) is 5.95. The van der Waals surface area contributed by atoms with E-state index in [4.69, 9.17) is 17.2 Å². The molecule has 0 saturated carbocycles. The van der Waals surface area contributed by atoms with Crippen molar-refractivity contribution in [3.05, 3.63) is 35.4 Å².